The largest absolute Gasteiger partial charge is 0.312 e. The average Bonchev–Trinajstić information content (AvgIpc) is 3.21. The second kappa shape index (κ2) is 5.70. The van der Waals surface area contributed by atoms with E-state index in [4.69, 9.17) is 0 Å². The van der Waals surface area contributed by atoms with Crippen LogP contribution < -0.4 is 4.90 Å². The van der Waals surface area contributed by atoms with Gasteiger partial charge in [-0.05, 0) is 31.2 Å². The number of aryl methyl sites for hydroxylation is 1. The molecule has 0 aliphatic carbocycles. The van der Waals surface area contributed by atoms with E-state index in [2.05, 4.69) is 10.00 Å². The van der Waals surface area contributed by atoms with Crippen LogP contribution in [-0.4, -0.2) is 40.2 Å². The van der Waals surface area contributed by atoms with Gasteiger partial charge < -0.3 is 4.90 Å². The first kappa shape index (κ1) is 15.3. The number of carbonyl (C=O) groups excluding carboxylic acids is 1. The monoisotopic (exact) mass is 328 g/mol. The molecule has 126 valence electrons. The highest BCUT2D eigenvalue weighted by atomic mass is 19.1. The van der Waals surface area contributed by atoms with Crippen molar-refractivity contribution in [1.82, 2.24) is 14.7 Å². The summed E-state index contributed by atoms with van der Waals surface area (Å²) < 4.78 is 15.3. The van der Waals surface area contributed by atoms with E-state index in [1.165, 1.54) is 17.7 Å². The van der Waals surface area contributed by atoms with E-state index in [0.717, 1.165) is 26.1 Å². The van der Waals surface area contributed by atoms with E-state index >= 15 is 0 Å². The summed E-state index contributed by atoms with van der Waals surface area (Å²) in [5.41, 5.74) is 1.86. The minimum Gasteiger partial charge on any atom is -0.312 e. The molecule has 5 nitrogen and oxygen atoms in total. The molecule has 2 aliphatic heterocycles. The van der Waals surface area contributed by atoms with E-state index in [0.29, 0.717) is 18.7 Å². The SMILES string of the molecule is Cn1cc(CN2CC[C@@]3(CC(=O)N(c4cccc(F)c4)C3)C2)cn1. The highest BCUT2D eigenvalue weighted by Crippen LogP contribution is 2.42. The minimum atomic E-state index is -0.300. The third kappa shape index (κ3) is 2.82. The van der Waals surface area contributed by atoms with Gasteiger partial charge in [-0.1, -0.05) is 6.07 Å². The van der Waals surface area contributed by atoms with Crippen LogP contribution in [0, 0.1) is 11.2 Å². The molecule has 4 rings (SSSR count). The molecule has 1 aromatic heterocycles. The van der Waals surface area contributed by atoms with Crippen LogP contribution in [0.25, 0.3) is 0 Å². The van der Waals surface area contributed by atoms with Gasteiger partial charge in [-0.25, -0.2) is 4.39 Å². The van der Waals surface area contributed by atoms with E-state index in [1.54, 1.807) is 11.0 Å². The molecule has 2 aliphatic rings. The summed E-state index contributed by atoms with van der Waals surface area (Å²) >= 11 is 0. The highest BCUT2D eigenvalue weighted by molar-refractivity contribution is 5.96. The molecule has 2 saturated heterocycles. The van der Waals surface area contributed by atoms with Crippen molar-refractivity contribution >= 4 is 11.6 Å². The zero-order valence-corrected chi connectivity index (χ0v) is 13.8. The van der Waals surface area contributed by atoms with Crippen LogP contribution in [0.15, 0.2) is 36.7 Å². The first-order valence-electron chi connectivity index (χ1n) is 8.29. The third-order valence-corrected chi connectivity index (χ3v) is 5.12. The van der Waals surface area contributed by atoms with Gasteiger partial charge in [-0.15, -0.1) is 0 Å². The molecular formula is C18H21FN4O. The molecule has 1 aromatic carbocycles. The Morgan fingerprint density at radius 2 is 2.21 bits per heavy atom. The molecule has 24 heavy (non-hydrogen) atoms. The molecule has 0 N–H and O–H groups in total. The molecule has 0 bridgehead atoms. The van der Waals surface area contributed by atoms with Gasteiger partial charge in [0.05, 0.1) is 6.20 Å². The normalized spacial score (nSPS) is 24.4. The lowest BCUT2D eigenvalue weighted by atomic mass is 9.86. The molecule has 1 spiro atoms. The Morgan fingerprint density at radius 3 is 2.96 bits per heavy atom. The van der Waals surface area contributed by atoms with Gasteiger partial charge in [-0.2, -0.15) is 5.10 Å². The molecule has 3 heterocycles. The predicted octanol–water partition coefficient (Wildman–Crippen LogP) is 2.19. The van der Waals surface area contributed by atoms with E-state index in [9.17, 15) is 9.18 Å². The van der Waals surface area contributed by atoms with Gasteiger partial charge in [0, 0.05) is 56.0 Å². The molecule has 0 unspecified atom stereocenters. The zero-order chi connectivity index (χ0) is 16.7. The molecular weight excluding hydrogens is 307 g/mol. The molecule has 0 saturated carbocycles. The lowest BCUT2D eigenvalue weighted by Gasteiger charge is -2.24. The Kier molecular flexibility index (Phi) is 3.64. The molecule has 6 heteroatoms. The number of anilines is 1. The highest BCUT2D eigenvalue weighted by Gasteiger charge is 2.47. The van der Waals surface area contributed by atoms with E-state index in [1.807, 2.05) is 30.2 Å². The standard InChI is InChI=1S/C18H21FN4O/c1-21-10-14(9-20-21)11-22-6-5-18(12-22)8-17(24)23(13-18)16-4-2-3-15(19)7-16/h2-4,7,9-10H,5-6,8,11-13H2,1H3/t18-/m1/s1. The van der Waals surface area contributed by atoms with Crippen LogP contribution in [0.5, 0.6) is 0 Å². The molecule has 2 aromatic rings. The van der Waals surface area contributed by atoms with Crippen molar-refractivity contribution in [2.45, 2.75) is 19.4 Å². The number of benzene rings is 1. The Hall–Kier alpha value is -2.21. The number of carbonyl (C=O) groups is 1. The maximum atomic E-state index is 13.5. The Morgan fingerprint density at radius 1 is 1.33 bits per heavy atom. The Balaban J connectivity index is 1.46. The number of aromatic nitrogens is 2. The second-order valence-corrected chi connectivity index (χ2v) is 7.12. The summed E-state index contributed by atoms with van der Waals surface area (Å²) in [6.07, 6.45) is 5.48. The summed E-state index contributed by atoms with van der Waals surface area (Å²) in [7, 11) is 1.92. The lowest BCUT2D eigenvalue weighted by Crippen LogP contribution is -2.31. The van der Waals surface area contributed by atoms with E-state index < -0.39 is 0 Å². The van der Waals surface area contributed by atoms with Crippen molar-refractivity contribution in [3.05, 3.63) is 48.0 Å². The summed E-state index contributed by atoms with van der Waals surface area (Å²) in [6, 6.07) is 6.32. The lowest BCUT2D eigenvalue weighted by molar-refractivity contribution is -0.117. The van der Waals surface area contributed by atoms with Crippen LogP contribution in [0.4, 0.5) is 10.1 Å². The van der Waals surface area contributed by atoms with Gasteiger partial charge in [0.1, 0.15) is 5.82 Å². The fourth-order valence-electron chi connectivity index (χ4n) is 4.02. The van der Waals surface area contributed by atoms with Crippen LogP contribution in [-0.2, 0) is 18.4 Å². The van der Waals surface area contributed by atoms with Crippen LogP contribution in [0.3, 0.4) is 0 Å². The fraction of sp³-hybridized carbons (Fsp3) is 0.444. The van der Waals surface area contributed by atoms with Crippen molar-refractivity contribution < 1.29 is 9.18 Å². The van der Waals surface area contributed by atoms with Gasteiger partial charge >= 0.3 is 0 Å². The Bertz CT molecular complexity index is 774. The van der Waals surface area contributed by atoms with E-state index in [-0.39, 0.29) is 17.1 Å². The Labute approximate surface area is 140 Å². The van der Waals surface area contributed by atoms with Crippen LogP contribution in [0.1, 0.15) is 18.4 Å². The minimum absolute atomic E-state index is 0.00832. The van der Waals surface area contributed by atoms with Crippen LogP contribution >= 0.6 is 0 Å². The smallest absolute Gasteiger partial charge is 0.227 e. The fourth-order valence-corrected chi connectivity index (χ4v) is 4.02. The number of amides is 1. The molecule has 1 amide bonds. The first-order valence-corrected chi connectivity index (χ1v) is 8.29. The number of nitrogens with zero attached hydrogens (tertiary/aromatic N) is 4. The zero-order valence-electron chi connectivity index (χ0n) is 13.8. The van der Waals surface area contributed by atoms with Crippen molar-refractivity contribution in [2.24, 2.45) is 12.5 Å². The van der Waals surface area contributed by atoms with Crippen molar-refractivity contribution in [2.75, 3.05) is 24.5 Å². The maximum Gasteiger partial charge on any atom is 0.227 e. The second-order valence-electron chi connectivity index (χ2n) is 7.12. The number of likely N-dealkylation sites (tertiary alicyclic amines) is 1. The summed E-state index contributed by atoms with van der Waals surface area (Å²) in [5.74, 6) is -0.199. The predicted molar refractivity (Wildman–Crippen MR) is 88.9 cm³/mol. The number of halogens is 1. The van der Waals surface area contributed by atoms with Gasteiger partial charge in [-0.3, -0.25) is 14.4 Å². The first-order chi connectivity index (χ1) is 11.5. The van der Waals surface area contributed by atoms with Crippen LogP contribution in [0.2, 0.25) is 0 Å². The summed E-state index contributed by atoms with van der Waals surface area (Å²) in [6.45, 7) is 3.43. The van der Waals surface area contributed by atoms with Gasteiger partial charge in [0.2, 0.25) is 5.91 Å². The average molecular weight is 328 g/mol. The van der Waals surface area contributed by atoms with Gasteiger partial charge in [0.25, 0.3) is 0 Å². The number of hydrogen-bond acceptors (Lipinski definition) is 3. The number of rotatable bonds is 3. The number of hydrogen-bond donors (Lipinski definition) is 0. The third-order valence-electron chi connectivity index (χ3n) is 5.12. The summed E-state index contributed by atoms with van der Waals surface area (Å²) in [4.78, 5) is 16.6. The molecule has 1 atom stereocenters. The molecule has 2 fully saturated rings. The van der Waals surface area contributed by atoms with Gasteiger partial charge in [0.15, 0.2) is 0 Å². The van der Waals surface area contributed by atoms with Crippen molar-refractivity contribution in [1.29, 1.82) is 0 Å². The van der Waals surface area contributed by atoms with Crippen molar-refractivity contribution in [3.63, 3.8) is 0 Å². The summed E-state index contributed by atoms with van der Waals surface area (Å²) in [5, 5.41) is 4.21. The topological polar surface area (TPSA) is 41.4 Å². The van der Waals surface area contributed by atoms with Crippen molar-refractivity contribution in [3.8, 4) is 0 Å². The quantitative estimate of drug-likeness (QED) is 0.867. The molecule has 0 radical (unpaired) electrons. The maximum absolute atomic E-state index is 13.5.